The van der Waals surface area contributed by atoms with Crippen molar-refractivity contribution >= 4 is 11.5 Å². The third kappa shape index (κ3) is 1.86. The number of nitrogen functional groups attached to an aromatic ring is 1. The van der Waals surface area contributed by atoms with Gasteiger partial charge in [0.15, 0.2) is 0 Å². The summed E-state index contributed by atoms with van der Waals surface area (Å²) in [6.07, 6.45) is 0. The van der Waals surface area contributed by atoms with E-state index in [2.05, 4.69) is 5.16 Å². The van der Waals surface area contributed by atoms with E-state index in [0.29, 0.717) is 0 Å². The van der Waals surface area contributed by atoms with Gasteiger partial charge in [-0.25, -0.2) is 4.39 Å². The smallest absolute Gasteiger partial charge is 0.233 e. The molecule has 0 bridgehead atoms. The zero-order chi connectivity index (χ0) is 12.4. The van der Waals surface area contributed by atoms with Crippen molar-refractivity contribution in [2.45, 2.75) is 0 Å². The van der Waals surface area contributed by atoms with Crippen LogP contribution in [0.5, 0.6) is 0 Å². The van der Waals surface area contributed by atoms with Crippen molar-refractivity contribution in [3.05, 3.63) is 47.1 Å². The fraction of sp³-hybridized carbons (Fsp3) is 0. The summed E-state index contributed by atoms with van der Waals surface area (Å²) in [5.74, 6) is -1.21. The van der Waals surface area contributed by atoms with Crippen LogP contribution in [0.2, 0.25) is 0 Å². The number of anilines is 1. The number of nitrogens with zero attached hydrogens (tertiary/aromatic N) is 2. The molecule has 2 rings (SSSR count). The third-order valence-electron chi connectivity index (χ3n) is 2.15. The van der Waals surface area contributed by atoms with E-state index in [-0.39, 0.29) is 22.7 Å². The van der Waals surface area contributed by atoms with Crippen molar-refractivity contribution < 1.29 is 13.7 Å². The first-order valence-corrected chi connectivity index (χ1v) is 4.59. The number of hydrogen-bond donors (Lipinski definition) is 1. The van der Waals surface area contributed by atoms with E-state index in [4.69, 9.17) is 15.5 Å². The van der Waals surface area contributed by atoms with E-state index in [1.165, 1.54) is 12.1 Å². The number of nitriles is 1. The number of rotatable bonds is 2. The Labute approximate surface area is 95.2 Å². The molecule has 1 aromatic carbocycles. The van der Waals surface area contributed by atoms with Gasteiger partial charge in [-0.05, 0) is 24.3 Å². The molecule has 2 aromatic rings. The van der Waals surface area contributed by atoms with Gasteiger partial charge in [0.2, 0.25) is 17.2 Å². The van der Waals surface area contributed by atoms with Gasteiger partial charge >= 0.3 is 0 Å². The molecule has 0 aliphatic rings. The molecule has 0 spiro atoms. The third-order valence-corrected chi connectivity index (χ3v) is 2.15. The number of hydrogen-bond acceptors (Lipinski definition) is 5. The van der Waals surface area contributed by atoms with Gasteiger partial charge in [0, 0.05) is 5.56 Å². The normalized spacial score (nSPS) is 9.88. The molecule has 5 nitrogen and oxygen atoms in total. The quantitative estimate of drug-likeness (QED) is 0.790. The first kappa shape index (κ1) is 10.8. The van der Waals surface area contributed by atoms with Gasteiger partial charge in [-0.2, -0.15) is 5.26 Å². The van der Waals surface area contributed by atoms with E-state index in [1.807, 2.05) is 0 Å². The minimum Gasteiger partial charge on any atom is -0.393 e. The van der Waals surface area contributed by atoms with Crippen molar-refractivity contribution in [1.29, 1.82) is 5.26 Å². The molecule has 6 heteroatoms. The van der Waals surface area contributed by atoms with Crippen LogP contribution in [-0.2, 0) is 0 Å². The molecule has 0 aliphatic carbocycles. The first-order valence-electron chi connectivity index (χ1n) is 4.59. The van der Waals surface area contributed by atoms with E-state index in [0.717, 1.165) is 12.1 Å². The van der Waals surface area contributed by atoms with Crippen LogP contribution in [0.4, 0.5) is 10.1 Å². The van der Waals surface area contributed by atoms with E-state index in [9.17, 15) is 9.18 Å². The standard InChI is InChI=1S/C11H6FN3O2/c12-7-3-1-6(2-4-7)10(16)11-9(14)8(5-13)15-17-11/h1-4H,14H2. The minimum absolute atomic E-state index is 0.109. The fourth-order valence-electron chi connectivity index (χ4n) is 1.27. The fourth-order valence-corrected chi connectivity index (χ4v) is 1.27. The summed E-state index contributed by atoms with van der Waals surface area (Å²) in [5, 5.41) is 11.9. The molecule has 0 fully saturated rings. The van der Waals surface area contributed by atoms with E-state index in [1.54, 1.807) is 6.07 Å². The van der Waals surface area contributed by atoms with Gasteiger partial charge in [-0.3, -0.25) is 4.79 Å². The zero-order valence-corrected chi connectivity index (χ0v) is 8.48. The highest BCUT2D eigenvalue weighted by Gasteiger charge is 2.21. The van der Waals surface area contributed by atoms with Crippen LogP contribution in [0.15, 0.2) is 28.8 Å². The predicted molar refractivity (Wildman–Crippen MR) is 55.5 cm³/mol. The number of halogens is 1. The molecule has 2 N–H and O–H groups in total. The van der Waals surface area contributed by atoms with Crippen molar-refractivity contribution in [3.8, 4) is 6.07 Å². The van der Waals surface area contributed by atoms with Gasteiger partial charge in [0.25, 0.3) is 0 Å². The Morgan fingerprint density at radius 1 is 1.41 bits per heavy atom. The van der Waals surface area contributed by atoms with Crippen LogP contribution in [0.1, 0.15) is 21.8 Å². The van der Waals surface area contributed by atoms with E-state index >= 15 is 0 Å². The summed E-state index contributed by atoms with van der Waals surface area (Å²) < 4.78 is 17.4. The molecule has 0 unspecified atom stereocenters. The van der Waals surface area contributed by atoms with Crippen LogP contribution in [0.3, 0.4) is 0 Å². The highest BCUT2D eigenvalue weighted by atomic mass is 19.1. The average Bonchev–Trinajstić information content (AvgIpc) is 2.70. The van der Waals surface area contributed by atoms with Crippen LogP contribution in [0, 0.1) is 17.1 Å². The highest BCUT2D eigenvalue weighted by Crippen LogP contribution is 2.19. The van der Waals surface area contributed by atoms with Crippen molar-refractivity contribution in [3.63, 3.8) is 0 Å². The lowest BCUT2D eigenvalue weighted by molar-refractivity contribution is 0.100. The summed E-state index contributed by atoms with van der Waals surface area (Å²) in [7, 11) is 0. The molecule has 0 aliphatic heterocycles. The molecule has 84 valence electrons. The number of ketones is 1. The lowest BCUT2D eigenvalue weighted by Gasteiger charge is -1.97. The van der Waals surface area contributed by atoms with Crippen LogP contribution >= 0.6 is 0 Å². The number of aromatic nitrogens is 1. The average molecular weight is 231 g/mol. The summed E-state index contributed by atoms with van der Waals surface area (Å²) in [4.78, 5) is 11.9. The molecular weight excluding hydrogens is 225 g/mol. The number of nitrogens with two attached hydrogens (primary N) is 1. The Balaban J connectivity index is 2.41. The summed E-state index contributed by atoms with van der Waals surface area (Å²) in [6.45, 7) is 0. The number of carbonyl (C=O) groups excluding carboxylic acids is 1. The SMILES string of the molecule is N#Cc1noc(C(=O)c2ccc(F)cc2)c1N. The molecule has 0 radical (unpaired) electrons. The second-order valence-electron chi connectivity index (χ2n) is 3.22. The van der Waals surface area contributed by atoms with Crippen LogP contribution in [0.25, 0.3) is 0 Å². The molecule has 0 saturated heterocycles. The molecular formula is C11H6FN3O2. The topological polar surface area (TPSA) is 92.9 Å². The first-order chi connectivity index (χ1) is 8.13. The van der Waals surface area contributed by atoms with Gasteiger partial charge < -0.3 is 10.3 Å². The zero-order valence-electron chi connectivity index (χ0n) is 8.48. The molecule has 17 heavy (non-hydrogen) atoms. The lowest BCUT2D eigenvalue weighted by atomic mass is 10.1. The second-order valence-corrected chi connectivity index (χ2v) is 3.22. The molecule has 1 aromatic heterocycles. The summed E-state index contributed by atoms with van der Waals surface area (Å²) >= 11 is 0. The minimum atomic E-state index is -0.545. The van der Waals surface area contributed by atoms with E-state index < -0.39 is 11.6 Å². The molecule has 0 saturated carbocycles. The highest BCUT2D eigenvalue weighted by molar-refractivity contribution is 6.10. The lowest BCUT2D eigenvalue weighted by Crippen LogP contribution is -2.03. The maximum absolute atomic E-state index is 12.7. The second kappa shape index (κ2) is 4.06. The summed E-state index contributed by atoms with van der Waals surface area (Å²) in [5.41, 5.74) is 5.46. The Kier molecular flexibility index (Phi) is 2.58. The molecule has 1 heterocycles. The molecule has 0 amide bonds. The number of benzene rings is 1. The Bertz CT molecular complexity index is 611. The predicted octanol–water partition coefficient (Wildman–Crippen LogP) is 1.50. The number of carbonyl (C=O) groups is 1. The maximum Gasteiger partial charge on any atom is 0.233 e. The largest absolute Gasteiger partial charge is 0.393 e. The monoisotopic (exact) mass is 231 g/mol. The van der Waals surface area contributed by atoms with Crippen molar-refractivity contribution in [2.24, 2.45) is 0 Å². The Morgan fingerprint density at radius 3 is 2.59 bits per heavy atom. The van der Waals surface area contributed by atoms with Gasteiger partial charge in [0.1, 0.15) is 17.6 Å². The van der Waals surface area contributed by atoms with Crippen LogP contribution < -0.4 is 5.73 Å². The Hall–Kier alpha value is -2.68. The van der Waals surface area contributed by atoms with Crippen LogP contribution in [-0.4, -0.2) is 10.9 Å². The van der Waals surface area contributed by atoms with Gasteiger partial charge in [-0.15, -0.1) is 0 Å². The maximum atomic E-state index is 12.7. The van der Waals surface area contributed by atoms with Crippen molar-refractivity contribution in [1.82, 2.24) is 5.16 Å². The van der Waals surface area contributed by atoms with Gasteiger partial charge in [-0.1, -0.05) is 5.16 Å². The van der Waals surface area contributed by atoms with Crippen molar-refractivity contribution in [2.75, 3.05) is 5.73 Å². The Morgan fingerprint density at radius 2 is 2.06 bits per heavy atom. The molecule has 0 atom stereocenters. The summed E-state index contributed by atoms with van der Waals surface area (Å²) in [6, 6.07) is 6.57. The van der Waals surface area contributed by atoms with Gasteiger partial charge in [0.05, 0.1) is 0 Å².